The minimum absolute atomic E-state index is 0. The highest BCUT2D eigenvalue weighted by atomic mass is 79.9. The van der Waals surface area contributed by atoms with Crippen molar-refractivity contribution >= 4 is 17.7 Å². The molecule has 0 unspecified atom stereocenters. The number of hydrogen-bond acceptors (Lipinski definition) is 5. The van der Waals surface area contributed by atoms with E-state index >= 15 is 0 Å². The van der Waals surface area contributed by atoms with E-state index in [2.05, 4.69) is 34.7 Å². The number of benzene rings is 2. The molecule has 188 valence electrons. The zero-order chi connectivity index (χ0) is 24.0. The van der Waals surface area contributed by atoms with E-state index in [-0.39, 0.29) is 35.0 Å². The molecule has 1 atom stereocenters. The van der Waals surface area contributed by atoms with Gasteiger partial charge in [-0.05, 0) is 35.6 Å². The Morgan fingerprint density at radius 3 is 2.31 bits per heavy atom. The molecule has 1 amide bonds. The lowest BCUT2D eigenvalue weighted by Gasteiger charge is -2.51. The van der Waals surface area contributed by atoms with Crippen LogP contribution >= 0.6 is 0 Å². The van der Waals surface area contributed by atoms with Gasteiger partial charge in [-0.25, -0.2) is 0 Å². The van der Waals surface area contributed by atoms with Gasteiger partial charge in [0.05, 0.1) is 13.1 Å². The molecular weight excluding hydrogens is 522 g/mol. The van der Waals surface area contributed by atoms with Gasteiger partial charge >= 0.3 is 5.97 Å². The first kappa shape index (κ1) is 24.7. The number of carbonyl (C=O) groups excluding carboxylic acids is 2. The van der Waals surface area contributed by atoms with Crippen molar-refractivity contribution in [3.8, 4) is 0 Å². The summed E-state index contributed by atoms with van der Waals surface area (Å²) in [7, 11) is 0. The summed E-state index contributed by atoms with van der Waals surface area (Å²) in [6.07, 6.45) is 2.59. The fraction of sp³-hybridized carbons (Fsp3) is 0.393. The third kappa shape index (κ3) is 4.60. The summed E-state index contributed by atoms with van der Waals surface area (Å²) in [5.74, 6) is 0.787. The van der Waals surface area contributed by atoms with Gasteiger partial charge in [0, 0.05) is 24.8 Å². The first-order valence-corrected chi connectivity index (χ1v) is 12.4. The Bertz CT molecular complexity index is 1240. The van der Waals surface area contributed by atoms with Crippen LogP contribution in [0.1, 0.15) is 46.8 Å². The number of quaternary nitrogens is 1. The van der Waals surface area contributed by atoms with Gasteiger partial charge in [-0.2, -0.15) is 0 Å². The smallest absolute Gasteiger partial charge is 0.318 e. The number of carbonyl (C=O) groups is 2. The number of aryl methyl sites for hydroxylation is 1. The molecule has 3 aromatic rings. The van der Waals surface area contributed by atoms with Gasteiger partial charge in [-0.3, -0.25) is 9.59 Å². The van der Waals surface area contributed by atoms with E-state index < -0.39 is 5.92 Å². The minimum Gasteiger partial charge on any atom is -1.00 e. The lowest BCUT2D eigenvalue weighted by atomic mass is 9.78. The Morgan fingerprint density at radius 2 is 1.69 bits per heavy atom. The van der Waals surface area contributed by atoms with E-state index in [4.69, 9.17) is 9.26 Å². The van der Waals surface area contributed by atoms with Crippen LogP contribution in [0.3, 0.4) is 0 Å². The number of piperidine rings is 3. The molecule has 0 radical (unpaired) electrons. The number of anilines is 1. The second-order valence-electron chi connectivity index (χ2n) is 10.3. The molecule has 1 aromatic heterocycles. The molecule has 2 aromatic carbocycles. The Hall–Kier alpha value is -2.97. The van der Waals surface area contributed by atoms with E-state index in [1.54, 1.807) is 13.0 Å². The Labute approximate surface area is 221 Å². The molecule has 3 saturated heterocycles. The summed E-state index contributed by atoms with van der Waals surface area (Å²) in [5, 5.41) is 6.72. The molecule has 0 saturated carbocycles. The number of aromatic nitrogens is 1. The fourth-order valence-electron chi connectivity index (χ4n) is 6.29. The van der Waals surface area contributed by atoms with E-state index in [0.29, 0.717) is 35.1 Å². The van der Waals surface area contributed by atoms with E-state index in [9.17, 15) is 9.59 Å². The van der Waals surface area contributed by atoms with Crippen molar-refractivity contribution in [2.75, 3.05) is 31.5 Å². The lowest BCUT2D eigenvalue weighted by molar-refractivity contribution is -0.938. The normalized spacial score (nSPS) is 24.2. The highest BCUT2D eigenvalue weighted by molar-refractivity contribution is 5.90. The van der Waals surface area contributed by atoms with Crippen molar-refractivity contribution in [3.63, 3.8) is 0 Å². The predicted molar refractivity (Wildman–Crippen MR) is 130 cm³/mol. The van der Waals surface area contributed by atoms with Gasteiger partial charge in [0.2, 0.25) is 0 Å². The summed E-state index contributed by atoms with van der Waals surface area (Å²) < 4.78 is 12.0. The lowest BCUT2D eigenvalue weighted by Crippen LogP contribution is -3.00. The topological polar surface area (TPSA) is 81.4 Å². The van der Waals surface area contributed by atoms with Crippen LogP contribution in [0.25, 0.3) is 0 Å². The van der Waals surface area contributed by atoms with Crippen LogP contribution in [-0.4, -0.2) is 53.8 Å². The highest BCUT2D eigenvalue weighted by Gasteiger charge is 2.49. The largest absolute Gasteiger partial charge is 1.00 e. The highest BCUT2D eigenvalue weighted by Crippen LogP contribution is 2.40. The number of hydrogen-bond donors (Lipinski definition) is 1. The van der Waals surface area contributed by atoms with E-state index in [1.807, 2.05) is 24.3 Å². The monoisotopic (exact) mass is 551 g/mol. The van der Waals surface area contributed by atoms with Crippen LogP contribution < -0.4 is 22.3 Å². The van der Waals surface area contributed by atoms with Gasteiger partial charge < -0.3 is 36.0 Å². The fourth-order valence-corrected chi connectivity index (χ4v) is 6.29. The number of amides is 1. The van der Waals surface area contributed by atoms with E-state index in [1.165, 1.54) is 11.1 Å². The van der Waals surface area contributed by atoms with Crippen LogP contribution in [0.2, 0.25) is 0 Å². The van der Waals surface area contributed by atoms with Gasteiger partial charge in [0.1, 0.15) is 18.2 Å². The molecule has 7 nitrogen and oxygen atoms in total. The minimum atomic E-state index is -0.404. The number of nitrogens with zero attached hydrogens (tertiary/aromatic N) is 2. The zero-order valence-electron chi connectivity index (χ0n) is 20.3. The quantitative estimate of drug-likeness (QED) is 0.375. The van der Waals surface area contributed by atoms with Gasteiger partial charge in [0.15, 0.2) is 18.5 Å². The maximum absolute atomic E-state index is 13.7. The van der Waals surface area contributed by atoms with Crippen LogP contribution in [0, 0.1) is 12.8 Å². The summed E-state index contributed by atoms with van der Waals surface area (Å²) in [6, 6.07) is 18.1. The predicted octanol–water partition coefficient (Wildman–Crippen LogP) is 0.814. The molecule has 2 bridgehead atoms. The molecule has 7 rings (SSSR count). The Balaban J connectivity index is 0.00000267. The Kier molecular flexibility index (Phi) is 6.74. The summed E-state index contributed by atoms with van der Waals surface area (Å²) in [5.41, 5.74) is 4.46. The third-order valence-electron chi connectivity index (χ3n) is 8.03. The van der Waals surface area contributed by atoms with Crippen molar-refractivity contribution in [2.24, 2.45) is 5.92 Å². The van der Waals surface area contributed by atoms with Crippen LogP contribution in [0.15, 0.2) is 59.1 Å². The number of halogens is 1. The first-order chi connectivity index (χ1) is 17.0. The molecule has 1 N–H and O–H groups in total. The van der Waals surface area contributed by atoms with Gasteiger partial charge in [-0.15, -0.1) is 0 Å². The summed E-state index contributed by atoms with van der Waals surface area (Å²) >= 11 is 0. The average Bonchev–Trinajstić information content (AvgIpc) is 3.26. The van der Waals surface area contributed by atoms with E-state index in [0.717, 1.165) is 43.5 Å². The molecule has 3 fully saturated rings. The second kappa shape index (κ2) is 9.82. The van der Waals surface area contributed by atoms with Crippen LogP contribution in [0.5, 0.6) is 0 Å². The first-order valence-electron chi connectivity index (χ1n) is 12.4. The standard InChI is InChI=1S/C28H29N3O4.BrH/c1-18-14-25(30-35-18)29-26(32)17-31-12-10-19(11-13-31)24(16-31)34-28(33)27-22-8-4-2-6-20(22)15-21-7-3-5-9-23(21)27;/h2-9,14,19,24,27H,10-13,15-17H2,1H3;1H/t19?,24-,31?;/m0./s1. The molecule has 4 heterocycles. The van der Waals surface area contributed by atoms with Crippen molar-refractivity contribution in [2.45, 2.75) is 38.2 Å². The third-order valence-corrected chi connectivity index (χ3v) is 8.03. The zero-order valence-corrected chi connectivity index (χ0v) is 21.9. The molecule has 0 spiro atoms. The van der Waals surface area contributed by atoms with Crippen molar-refractivity contribution in [1.29, 1.82) is 0 Å². The Morgan fingerprint density at radius 1 is 1.06 bits per heavy atom. The molecule has 1 aliphatic carbocycles. The summed E-state index contributed by atoms with van der Waals surface area (Å²) in [6.45, 7) is 4.68. The van der Waals surface area contributed by atoms with Crippen molar-refractivity contribution in [1.82, 2.24) is 5.16 Å². The number of fused-ring (bicyclic) bond motifs is 5. The number of rotatable bonds is 5. The number of esters is 1. The maximum atomic E-state index is 13.7. The molecule has 8 heteroatoms. The second-order valence-corrected chi connectivity index (χ2v) is 10.3. The van der Waals surface area contributed by atoms with Crippen LogP contribution in [0.4, 0.5) is 5.82 Å². The van der Waals surface area contributed by atoms with Crippen LogP contribution in [-0.2, 0) is 20.7 Å². The maximum Gasteiger partial charge on any atom is 0.318 e. The van der Waals surface area contributed by atoms with Gasteiger partial charge in [-0.1, -0.05) is 53.7 Å². The molecule has 36 heavy (non-hydrogen) atoms. The van der Waals surface area contributed by atoms with Crippen molar-refractivity contribution < 1.29 is 40.3 Å². The molecule has 3 aliphatic heterocycles. The SMILES string of the molecule is Cc1cc(NC(=O)C[N+]23CCC(CC2)[C@@H](OC(=O)C2c4ccccc4Cc4ccccc42)C3)no1.[Br-]. The van der Waals surface area contributed by atoms with Gasteiger partial charge in [0.25, 0.3) is 5.91 Å². The average molecular weight is 552 g/mol. The number of nitrogens with one attached hydrogen (secondary N) is 1. The number of ether oxygens (including phenoxy) is 1. The van der Waals surface area contributed by atoms with Crippen molar-refractivity contribution in [3.05, 3.63) is 82.6 Å². The molecular formula is C28H30BrN3O4. The summed E-state index contributed by atoms with van der Waals surface area (Å²) in [4.78, 5) is 26.5. The molecule has 4 aliphatic rings.